The van der Waals surface area contributed by atoms with Crippen molar-refractivity contribution in [3.05, 3.63) is 0 Å². The zero-order chi connectivity index (χ0) is 17.3. The first-order valence-electron chi connectivity index (χ1n) is 10.5. The summed E-state index contributed by atoms with van der Waals surface area (Å²) in [6, 6.07) is 0.423. The molecule has 0 aromatic carbocycles. The molecule has 2 saturated carbocycles. The molecule has 2 amide bonds. The van der Waals surface area contributed by atoms with E-state index in [4.69, 9.17) is 0 Å². The highest BCUT2D eigenvalue weighted by Crippen LogP contribution is 2.40. The van der Waals surface area contributed by atoms with Crippen LogP contribution in [0.2, 0.25) is 0 Å². The minimum atomic E-state index is -0.202. The summed E-state index contributed by atoms with van der Waals surface area (Å²) >= 11 is 0. The minimum absolute atomic E-state index is 0.141. The first-order chi connectivity index (χ1) is 12.1. The first kappa shape index (κ1) is 17.3. The van der Waals surface area contributed by atoms with Gasteiger partial charge in [-0.15, -0.1) is 0 Å². The summed E-state index contributed by atoms with van der Waals surface area (Å²) in [6.45, 7) is 4.06. The molecule has 2 saturated heterocycles. The maximum Gasteiger partial charge on any atom is 0.234 e. The number of carbonyl (C=O) groups is 2. The molecule has 2 heterocycles. The molecule has 2 aliphatic carbocycles. The highest BCUT2D eigenvalue weighted by molar-refractivity contribution is 5.84. The van der Waals surface area contributed by atoms with Crippen LogP contribution in [0, 0.1) is 11.3 Å². The second-order valence-corrected chi connectivity index (χ2v) is 8.94. The number of carbonyl (C=O) groups excluding carboxylic acids is 2. The van der Waals surface area contributed by atoms with Crippen LogP contribution in [0.15, 0.2) is 0 Å². The number of hydrogen-bond donors (Lipinski definition) is 1. The molecule has 1 unspecified atom stereocenters. The number of nitrogens with zero attached hydrogens (tertiary/aromatic N) is 2. The number of amides is 2. The van der Waals surface area contributed by atoms with E-state index in [2.05, 4.69) is 15.1 Å². The van der Waals surface area contributed by atoms with Crippen molar-refractivity contribution in [1.82, 2.24) is 15.1 Å². The van der Waals surface area contributed by atoms with Crippen LogP contribution in [0.3, 0.4) is 0 Å². The maximum absolute atomic E-state index is 13.2. The van der Waals surface area contributed by atoms with Crippen LogP contribution in [-0.4, -0.2) is 60.4 Å². The van der Waals surface area contributed by atoms with Crippen LogP contribution in [-0.2, 0) is 9.59 Å². The molecule has 0 aromatic rings. The van der Waals surface area contributed by atoms with Gasteiger partial charge in [-0.1, -0.05) is 19.3 Å². The Kier molecular flexibility index (Phi) is 5.03. The van der Waals surface area contributed by atoms with E-state index in [0.717, 1.165) is 64.2 Å². The fraction of sp³-hybridized carbons (Fsp3) is 0.900. The number of likely N-dealkylation sites (tertiary alicyclic amines) is 2. The molecule has 5 heteroatoms. The minimum Gasteiger partial charge on any atom is -0.352 e. The molecule has 0 aromatic heterocycles. The quantitative estimate of drug-likeness (QED) is 0.829. The van der Waals surface area contributed by atoms with Crippen LogP contribution < -0.4 is 5.32 Å². The smallest absolute Gasteiger partial charge is 0.234 e. The van der Waals surface area contributed by atoms with Gasteiger partial charge in [0.15, 0.2) is 0 Å². The number of hydrogen-bond acceptors (Lipinski definition) is 3. The monoisotopic (exact) mass is 347 g/mol. The Bertz CT molecular complexity index is 513. The summed E-state index contributed by atoms with van der Waals surface area (Å²) in [5.41, 5.74) is -0.202. The molecule has 1 spiro atoms. The molecule has 0 bridgehead atoms. The summed E-state index contributed by atoms with van der Waals surface area (Å²) < 4.78 is 0. The predicted octanol–water partition coefficient (Wildman–Crippen LogP) is 2.16. The third-order valence-electron chi connectivity index (χ3n) is 6.77. The average Bonchev–Trinajstić information content (AvgIpc) is 3.33. The van der Waals surface area contributed by atoms with Gasteiger partial charge in [-0.05, 0) is 57.4 Å². The van der Waals surface area contributed by atoms with Gasteiger partial charge in [-0.2, -0.15) is 0 Å². The van der Waals surface area contributed by atoms with Gasteiger partial charge in [0.05, 0.1) is 12.0 Å². The van der Waals surface area contributed by atoms with E-state index in [-0.39, 0.29) is 11.3 Å². The first-order valence-corrected chi connectivity index (χ1v) is 10.5. The van der Waals surface area contributed by atoms with E-state index in [0.29, 0.717) is 18.5 Å². The van der Waals surface area contributed by atoms with Crippen LogP contribution in [0.1, 0.15) is 64.2 Å². The van der Waals surface area contributed by atoms with Gasteiger partial charge in [0.25, 0.3) is 0 Å². The zero-order valence-electron chi connectivity index (χ0n) is 15.5. The second kappa shape index (κ2) is 7.26. The van der Waals surface area contributed by atoms with Crippen LogP contribution in [0.25, 0.3) is 0 Å². The number of nitrogens with one attached hydrogen (secondary N) is 1. The Hall–Kier alpha value is -1.10. The molecule has 5 nitrogen and oxygen atoms in total. The van der Waals surface area contributed by atoms with E-state index in [1.54, 1.807) is 0 Å². The van der Waals surface area contributed by atoms with Crippen molar-refractivity contribution in [2.75, 3.05) is 32.7 Å². The summed E-state index contributed by atoms with van der Waals surface area (Å²) in [5, 5.41) is 3.07. The molecule has 140 valence electrons. The summed E-state index contributed by atoms with van der Waals surface area (Å²) in [6.07, 6.45) is 12.0. The summed E-state index contributed by atoms with van der Waals surface area (Å²) in [7, 11) is 0. The number of piperidine rings is 1. The maximum atomic E-state index is 13.2. The summed E-state index contributed by atoms with van der Waals surface area (Å²) in [5.74, 6) is 1.24. The third-order valence-corrected chi connectivity index (χ3v) is 6.77. The lowest BCUT2D eigenvalue weighted by molar-refractivity contribution is -0.146. The molecule has 1 N–H and O–H groups in total. The van der Waals surface area contributed by atoms with Crippen molar-refractivity contribution in [2.24, 2.45) is 11.3 Å². The van der Waals surface area contributed by atoms with Crippen LogP contribution >= 0.6 is 0 Å². The second-order valence-electron chi connectivity index (χ2n) is 8.94. The van der Waals surface area contributed by atoms with Crippen molar-refractivity contribution in [1.29, 1.82) is 0 Å². The largest absolute Gasteiger partial charge is 0.352 e. The normalized spacial score (nSPS) is 31.7. The van der Waals surface area contributed by atoms with Crippen LogP contribution in [0.5, 0.6) is 0 Å². The highest BCUT2D eigenvalue weighted by atomic mass is 16.2. The van der Waals surface area contributed by atoms with Crippen molar-refractivity contribution in [3.8, 4) is 0 Å². The van der Waals surface area contributed by atoms with Gasteiger partial charge < -0.3 is 10.2 Å². The van der Waals surface area contributed by atoms with E-state index in [1.165, 1.54) is 32.1 Å². The molecular formula is C20H33N3O2. The van der Waals surface area contributed by atoms with Gasteiger partial charge in [0, 0.05) is 25.7 Å². The Labute approximate surface area is 151 Å². The van der Waals surface area contributed by atoms with Gasteiger partial charge >= 0.3 is 0 Å². The predicted molar refractivity (Wildman–Crippen MR) is 97.0 cm³/mol. The number of rotatable bonds is 5. The van der Waals surface area contributed by atoms with Crippen molar-refractivity contribution in [3.63, 3.8) is 0 Å². The Morgan fingerprint density at radius 1 is 1.04 bits per heavy atom. The lowest BCUT2D eigenvalue weighted by Crippen LogP contribution is -2.51. The SMILES string of the molecule is O=C(CN1CCC2(CCCN(CC3CCCCC3)C2=O)C1)NC1CC1. The van der Waals surface area contributed by atoms with Crippen molar-refractivity contribution >= 4 is 11.8 Å². The van der Waals surface area contributed by atoms with Gasteiger partial charge in [0.1, 0.15) is 0 Å². The topological polar surface area (TPSA) is 52.7 Å². The molecule has 4 rings (SSSR count). The molecular weight excluding hydrogens is 314 g/mol. The molecule has 0 radical (unpaired) electrons. The van der Waals surface area contributed by atoms with E-state index in [1.807, 2.05) is 0 Å². The summed E-state index contributed by atoms with van der Waals surface area (Å²) in [4.78, 5) is 29.7. The average molecular weight is 348 g/mol. The van der Waals surface area contributed by atoms with E-state index >= 15 is 0 Å². The van der Waals surface area contributed by atoms with Gasteiger partial charge in [0.2, 0.25) is 11.8 Å². The fourth-order valence-electron chi connectivity index (χ4n) is 5.18. The van der Waals surface area contributed by atoms with Crippen molar-refractivity contribution in [2.45, 2.75) is 70.3 Å². The lowest BCUT2D eigenvalue weighted by Gasteiger charge is -2.41. The fourth-order valence-corrected chi connectivity index (χ4v) is 5.18. The molecule has 2 aliphatic heterocycles. The third kappa shape index (κ3) is 4.02. The van der Waals surface area contributed by atoms with Gasteiger partial charge in [-0.25, -0.2) is 0 Å². The van der Waals surface area contributed by atoms with Crippen LogP contribution in [0.4, 0.5) is 0 Å². The van der Waals surface area contributed by atoms with Gasteiger partial charge in [-0.3, -0.25) is 14.5 Å². The highest BCUT2D eigenvalue weighted by Gasteiger charge is 2.48. The van der Waals surface area contributed by atoms with E-state index < -0.39 is 0 Å². The Morgan fingerprint density at radius 3 is 2.60 bits per heavy atom. The molecule has 1 atom stereocenters. The lowest BCUT2D eigenvalue weighted by atomic mass is 9.77. The zero-order valence-corrected chi connectivity index (χ0v) is 15.5. The molecule has 4 fully saturated rings. The van der Waals surface area contributed by atoms with Crippen molar-refractivity contribution < 1.29 is 9.59 Å². The Balaban J connectivity index is 1.32. The molecule has 4 aliphatic rings. The Morgan fingerprint density at radius 2 is 1.84 bits per heavy atom. The van der Waals surface area contributed by atoms with E-state index in [9.17, 15) is 9.59 Å². The molecule has 25 heavy (non-hydrogen) atoms. The standard InChI is InChI=1S/C20H33N3O2/c24-18(21-17-7-8-17)14-22-12-10-20(15-22)9-4-11-23(19(20)25)13-16-5-2-1-3-6-16/h16-17H,1-15H2,(H,21,24).